The summed E-state index contributed by atoms with van der Waals surface area (Å²) in [5, 5.41) is 14.1. The number of amidine groups is 1. The summed E-state index contributed by atoms with van der Waals surface area (Å²) in [5.41, 5.74) is 5.71. The van der Waals surface area contributed by atoms with Gasteiger partial charge in [-0.3, -0.25) is 0 Å². The SMILES string of the molecule is CC(C)=Cc1ccccc1N1CCSC1=NN=Cc1ccc(-c2ncn(-c3ccc(OC(F)(F)F)cc3)n2)cc1. The van der Waals surface area contributed by atoms with Crippen molar-refractivity contribution in [3.63, 3.8) is 0 Å². The molecule has 0 N–H and O–H groups in total. The first-order valence-electron chi connectivity index (χ1n) is 12.4. The second-order valence-electron chi connectivity index (χ2n) is 9.08. The van der Waals surface area contributed by atoms with Crippen LogP contribution >= 0.6 is 11.8 Å². The third-order valence-corrected chi connectivity index (χ3v) is 6.74. The van der Waals surface area contributed by atoms with Crippen LogP contribution in [-0.2, 0) is 0 Å². The molecule has 3 aromatic carbocycles. The number of nitrogens with zero attached hydrogens (tertiary/aromatic N) is 6. The molecule has 0 amide bonds. The molecule has 0 spiro atoms. The standard InChI is InChI=1S/C29H25F3N6OS/c1-20(2)17-23-5-3-4-6-26(23)37-15-16-40-28(37)35-34-18-21-7-9-22(10-8-21)27-33-19-38(36-27)24-11-13-25(14-12-24)39-29(30,31)32/h3-14,17-19H,15-16H2,1-2H3. The van der Waals surface area contributed by atoms with E-state index < -0.39 is 6.36 Å². The van der Waals surface area contributed by atoms with Crippen molar-refractivity contribution in [2.24, 2.45) is 10.2 Å². The molecule has 1 fully saturated rings. The van der Waals surface area contributed by atoms with Crippen LogP contribution in [-0.4, -0.2) is 44.8 Å². The number of anilines is 1. The second kappa shape index (κ2) is 11.8. The van der Waals surface area contributed by atoms with Gasteiger partial charge in [0.1, 0.15) is 12.1 Å². The summed E-state index contributed by atoms with van der Waals surface area (Å²) in [6.07, 6.45) is 0.634. The summed E-state index contributed by atoms with van der Waals surface area (Å²) in [4.78, 5) is 6.52. The van der Waals surface area contributed by atoms with Gasteiger partial charge in [-0.25, -0.2) is 9.67 Å². The number of alkyl halides is 3. The molecule has 0 radical (unpaired) electrons. The Kier molecular flexibility index (Phi) is 8.01. The van der Waals surface area contributed by atoms with E-state index in [1.165, 1.54) is 40.8 Å². The Labute approximate surface area is 233 Å². The Morgan fingerprint density at radius 3 is 2.48 bits per heavy atom. The molecule has 4 aromatic rings. The third kappa shape index (κ3) is 6.78. The van der Waals surface area contributed by atoms with Crippen LogP contribution in [0.3, 0.4) is 0 Å². The van der Waals surface area contributed by atoms with E-state index in [4.69, 9.17) is 0 Å². The van der Waals surface area contributed by atoms with Gasteiger partial charge in [-0.1, -0.05) is 65.9 Å². The Balaban J connectivity index is 1.26. The van der Waals surface area contributed by atoms with E-state index in [1.807, 2.05) is 36.4 Å². The molecule has 5 rings (SSSR count). The highest BCUT2D eigenvalue weighted by Crippen LogP contribution is 2.30. The first-order valence-corrected chi connectivity index (χ1v) is 13.4. The molecule has 40 heavy (non-hydrogen) atoms. The molecule has 0 atom stereocenters. The van der Waals surface area contributed by atoms with E-state index in [9.17, 15) is 13.2 Å². The normalized spacial score (nSPS) is 14.7. The van der Waals surface area contributed by atoms with Crippen molar-refractivity contribution in [2.75, 3.05) is 17.2 Å². The Morgan fingerprint density at radius 2 is 1.75 bits per heavy atom. The zero-order valence-corrected chi connectivity index (χ0v) is 22.5. The molecule has 0 unspecified atom stereocenters. The Hall–Kier alpha value is -4.38. The number of thioether (sulfide) groups is 1. The highest BCUT2D eigenvalue weighted by atomic mass is 32.2. The van der Waals surface area contributed by atoms with E-state index in [-0.39, 0.29) is 5.75 Å². The van der Waals surface area contributed by atoms with Crippen molar-refractivity contribution in [3.05, 3.63) is 95.8 Å². The number of para-hydroxylation sites is 1. The quantitative estimate of drug-likeness (QED) is 0.176. The molecular formula is C29H25F3N6OS. The fourth-order valence-corrected chi connectivity index (χ4v) is 4.96. The first kappa shape index (κ1) is 27.2. The summed E-state index contributed by atoms with van der Waals surface area (Å²) >= 11 is 1.68. The minimum absolute atomic E-state index is 0.299. The molecule has 1 aromatic heterocycles. The number of benzene rings is 3. The van der Waals surface area contributed by atoms with Crippen molar-refractivity contribution in [3.8, 4) is 22.8 Å². The van der Waals surface area contributed by atoms with Gasteiger partial charge in [0.2, 0.25) is 0 Å². The lowest BCUT2D eigenvalue weighted by Gasteiger charge is -2.19. The highest BCUT2D eigenvalue weighted by molar-refractivity contribution is 8.14. The maximum atomic E-state index is 12.4. The van der Waals surface area contributed by atoms with E-state index in [0.717, 1.165) is 39.8 Å². The molecule has 1 aliphatic rings. The number of allylic oxidation sites excluding steroid dienone is 1. The van der Waals surface area contributed by atoms with Crippen LogP contribution < -0.4 is 9.64 Å². The van der Waals surface area contributed by atoms with Gasteiger partial charge >= 0.3 is 6.36 Å². The van der Waals surface area contributed by atoms with Crippen LogP contribution in [0.5, 0.6) is 5.75 Å². The van der Waals surface area contributed by atoms with Gasteiger partial charge in [0, 0.05) is 17.9 Å². The minimum Gasteiger partial charge on any atom is -0.406 e. The van der Waals surface area contributed by atoms with Crippen LogP contribution in [0.4, 0.5) is 18.9 Å². The number of hydrogen-bond donors (Lipinski definition) is 0. The lowest BCUT2D eigenvalue weighted by Crippen LogP contribution is -2.24. The fourth-order valence-electron chi connectivity index (χ4n) is 4.06. The second-order valence-corrected chi connectivity index (χ2v) is 10.1. The monoisotopic (exact) mass is 562 g/mol. The lowest BCUT2D eigenvalue weighted by atomic mass is 10.1. The maximum Gasteiger partial charge on any atom is 0.573 e. The molecule has 7 nitrogen and oxygen atoms in total. The van der Waals surface area contributed by atoms with E-state index in [0.29, 0.717) is 11.5 Å². The number of halogens is 3. The predicted molar refractivity (Wildman–Crippen MR) is 154 cm³/mol. The van der Waals surface area contributed by atoms with E-state index >= 15 is 0 Å². The third-order valence-electron chi connectivity index (χ3n) is 5.79. The van der Waals surface area contributed by atoms with Crippen molar-refractivity contribution in [2.45, 2.75) is 20.2 Å². The largest absolute Gasteiger partial charge is 0.573 e. The van der Waals surface area contributed by atoms with Crippen LogP contribution in [0.25, 0.3) is 23.2 Å². The van der Waals surface area contributed by atoms with Crippen LogP contribution in [0.15, 0.2) is 94.9 Å². The van der Waals surface area contributed by atoms with Crippen molar-refractivity contribution < 1.29 is 17.9 Å². The Morgan fingerprint density at radius 1 is 1.00 bits per heavy atom. The van der Waals surface area contributed by atoms with E-state index in [1.54, 1.807) is 18.0 Å². The predicted octanol–water partition coefficient (Wildman–Crippen LogP) is 7.20. The molecule has 0 saturated carbocycles. The molecule has 1 saturated heterocycles. The van der Waals surface area contributed by atoms with Crippen LogP contribution in [0.2, 0.25) is 0 Å². The molecule has 204 valence electrons. The molecule has 11 heteroatoms. The van der Waals surface area contributed by atoms with E-state index in [2.05, 4.69) is 62.0 Å². The topological polar surface area (TPSA) is 67.9 Å². The summed E-state index contributed by atoms with van der Waals surface area (Å²) in [6, 6.07) is 21.2. The summed E-state index contributed by atoms with van der Waals surface area (Å²) in [7, 11) is 0. The molecular weight excluding hydrogens is 537 g/mol. The zero-order valence-electron chi connectivity index (χ0n) is 21.7. The van der Waals surface area contributed by atoms with Crippen molar-refractivity contribution >= 4 is 34.9 Å². The van der Waals surface area contributed by atoms with Crippen LogP contribution in [0, 0.1) is 0 Å². The summed E-state index contributed by atoms with van der Waals surface area (Å²) in [5.74, 6) is 1.12. The number of aromatic nitrogens is 3. The average Bonchev–Trinajstić information content (AvgIpc) is 3.59. The van der Waals surface area contributed by atoms with Crippen molar-refractivity contribution in [1.29, 1.82) is 0 Å². The lowest BCUT2D eigenvalue weighted by molar-refractivity contribution is -0.274. The van der Waals surface area contributed by atoms with Gasteiger partial charge in [-0.05, 0) is 55.3 Å². The Bertz CT molecular complexity index is 1560. The molecule has 2 heterocycles. The number of ether oxygens (including phenoxy) is 1. The zero-order chi connectivity index (χ0) is 28.1. The minimum atomic E-state index is -4.74. The van der Waals surface area contributed by atoms with Crippen molar-refractivity contribution in [1.82, 2.24) is 14.8 Å². The van der Waals surface area contributed by atoms with Gasteiger partial charge in [0.15, 0.2) is 11.0 Å². The van der Waals surface area contributed by atoms with Gasteiger partial charge in [-0.15, -0.1) is 23.4 Å². The van der Waals surface area contributed by atoms with Crippen LogP contribution in [0.1, 0.15) is 25.0 Å². The maximum absolute atomic E-state index is 12.4. The molecule has 1 aliphatic heterocycles. The first-order chi connectivity index (χ1) is 19.2. The summed E-state index contributed by atoms with van der Waals surface area (Å²) in [6.45, 7) is 5.04. The van der Waals surface area contributed by atoms with Gasteiger partial charge < -0.3 is 9.64 Å². The van der Waals surface area contributed by atoms with Gasteiger partial charge in [-0.2, -0.15) is 5.10 Å². The summed E-state index contributed by atoms with van der Waals surface area (Å²) < 4.78 is 42.5. The van der Waals surface area contributed by atoms with Gasteiger partial charge in [0.05, 0.1) is 17.6 Å². The number of rotatable bonds is 7. The molecule has 0 bridgehead atoms. The number of hydrogen-bond acceptors (Lipinski definition) is 6. The van der Waals surface area contributed by atoms with Gasteiger partial charge in [0.25, 0.3) is 0 Å². The fraction of sp³-hybridized carbons (Fsp3) is 0.172. The average molecular weight is 563 g/mol. The smallest absolute Gasteiger partial charge is 0.406 e. The molecule has 0 aliphatic carbocycles. The highest BCUT2D eigenvalue weighted by Gasteiger charge is 2.31.